The number of nitrogens with one attached hydrogen (secondary N) is 1. The van der Waals surface area contributed by atoms with Crippen molar-refractivity contribution >= 4 is 17.8 Å². The van der Waals surface area contributed by atoms with Gasteiger partial charge in [0.2, 0.25) is 11.8 Å². The smallest absolute Gasteiger partial charge is 0.326 e. The fraction of sp³-hybridized carbons (Fsp3) is 0.812. The highest BCUT2D eigenvalue weighted by atomic mass is 16.4. The first-order valence-corrected chi connectivity index (χ1v) is 8.24. The monoisotopic (exact) mass is 327 g/mol. The molecule has 3 atom stereocenters. The quantitative estimate of drug-likeness (QED) is 0.633. The van der Waals surface area contributed by atoms with Gasteiger partial charge in [0.25, 0.3) is 0 Å². The Labute approximate surface area is 137 Å². The number of nitrogens with two attached hydrogens (primary N) is 1. The summed E-state index contributed by atoms with van der Waals surface area (Å²) in [6.07, 6.45) is 1.57. The van der Waals surface area contributed by atoms with Gasteiger partial charge in [-0.05, 0) is 31.1 Å². The Morgan fingerprint density at radius 2 is 1.87 bits per heavy atom. The second-order valence-electron chi connectivity index (χ2n) is 6.99. The molecule has 4 N–H and O–H groups in total. The molecule has 2 amide bonds. The Morgan fingerprint density at radius 3 is 2.35 bits per heavy atom. The summed E-state index contributed by atoms with van der Waals surface area (Å²) >= 11 is 0. The molecule has 0 saturated carbocycles. The Balaban J connectivity index is 2.86. The van der Waals surface area contributed by atoms with Gasteiger partial charge in [0, 0.05) is 6.54 Å². The second-order valence-corrected chi connectivity index (χ2v) is 6.99. The molecule has 0 aromatic carbocycles. The Morgan fingerprint density at radius 1 is 1.26 bits per heavy atom. The van der Waals surface area contributed by atoms with Gasteiger partial charge in [0.15, 0.2) is 0 Å². The number of likely N-dealkylation sites (tertiary alicyclic amines) is 1. The van der Waals surface area contributed by atoms with Crippen molar-refractivity contribution in [2.45, 2.75) is 65.1 Å². The van der Waals surface area contributed by atoms with E-state index < -0.39 is 24.1 Å². The molecule has 0 aromatic heterocycles. The third-order valence-electron chi connectivity index (χ3n) is 4.16. The average molecular weight is 327 g/mol. The summed E-state index contributed by atoms with van der Waals surface area (Å²) in [6, 6.07) is -2.22. The zero-order valence-electron chi connectivity index (χ0n) is 14.4. The number of nitrogens with zero attached hydrogens (tertiary/aromatic N) is 1. The van der Waals surface area contributed by atoms with Gasteiger partial charge in [-0.2, -0.15) is 0 Å². The molecule has 7 nitrogen and oxygen atoms in total. The van der Waals surface area contributed by atoms with Gasteiger partial charge in [0.05, 0.1) is 6.04 Å². The van der Waals surface area contributed by atoms with Crippen LogP contribution in [0.2, 0.25) is 0 Å². The van der Waals surface area contributed by atoms with E-state index in [4.69, 9.17) is 5.73 Å². The molecule has 1 saturated heterocycles. The maximum Gasteiger partial charge on any atom is 0.326 e. The SMILES string of the molecule is CC(C)C[C@H](NC(=O)[C@@H](N)C(C)C)C(=O)N1CCC[C@H]1C(=O)O. The zero-order valence-corrected chi connectivity index (χ0v) is 14.4. The molecule has 1 aliphatic heterocycles. The molecule has 23 heavy (non-hydrogen) atoms. The van der Waals surface area contributed by atoms with Crippen LogP contribution in [0, 0.1) is 11.8 Å². The average Bonchev–Trinajstić information content (AvgIpc) is 2.93. The van der Waals surface area contributed by atoms with Gasteiger partial charge in [-0.1, -0.05) is 27.7 Å². The van der Waals surface area contributed by atoms with E-state index in [9.17, 15) is 19.5 Å². The van der Waals surface area contributed by atoms with E-state index in [2.05, 4.69) is 5.32 Å². The first-order chi connectivity index (χ1) is 10.6. The highest BCUT2D eigenvalue weighted by Gasteiger charge is 2.38. The molecular formula is C16H29N3O4. The molecule has 1 fully saturated rings. The van der Waals surface area contributed by atoms with E-state index >= 15 is 0 Å². The predicted octanol–water partition coefficient (Wildman–Crippen LogP) is 0.576. The van der Waals surface area contributed by atoms with Gasteiger partial charge in [-0.3, -0.25) is 9.59 Å². The van der Waals surface area contributed by atoms with Crippen molar-refractivity contribution in [2.24, 2.45) is 17.6 Å². The standard InChI is InChI=1S/C16H29N3O4/c1-9(2)8-11(18-14(20)13(17)10(3)4)15(21)19-7-5-6-12(19)16(22)23/h9-13H,5-8,17H2,1-4H3,(H,18,20)(H,22,23)/t11-,12-,13-/m0/s1. The minimum Gasteiger partial charge on any atom is -0.480 e. The molecule has 132 valence electrons. The highest BCUT2D eigenvalue weighted by molar-refractivity contribution is 5.92. The maximum atomic E-state index is 12.7. The maximum absolute atomic E-state index is 12.7. The van der Waals surface area contributed by atoms with Crippen LogP contribution in [0.1, 0.15) is 47.0 Å². The molecule has 0 radical (unpaired) electrons. The van der Waals surface area contributed by atoms with E-state index in [0.29, 0.717) is 25.8 Å². The largest absolute Gasteiger partial charge is 0.480 e. The summed E-state index contributed by atoms with van der Waals surface area (Å²) in [5, 5.41) is 12.0. The van der Waals surface area contributed by atoms with E-state index in [1.165, 1.54) is 4.90 Å². The van der Waals surface area contributed by atoms with Crippen molar-refractivity contribution in [2.75, 3.05) is 6.54 Å². The van der Waals surface area contributed by atoms with Crippen LogP contribution >= 0.6 is 0 Å². The summed E-state index contributed by atoms with van der Waals surface area (Å²) in [4.78, 5) is 37.6. The van der Waals surface area contributed by atoms with Crippen molar-refractivity contribution in [3.8, 4) is 0 Å². The van der Waals surface area contributed by atoms with Gasteiger partial charge >= 0.3 is 5.97 Å². The number of carboxylic acid groups (broad SMARTS) is 1. The number of aliphatic carboxylic acids is 1. The highest BCUT2D eigenvalue weighted by Crippen LogP contribution is 2.20. The third kappa shape index (κ3) is 5.20. The first kappa shape index (κ1) is 19.4. The van der Waals surface area contributed by atoms with Crippen LogP contribution in [-0.2, 0) is 14.4 Å². The molecule has 1 heterocycles. The van der Waals surface area contributed by atoms with Crippen LogP contribution in [0.4, 0.5) is 0 Å². The second kappa shape index (κ2) is 8.29. The lowest BCUT2D eigenvalue weighted by Gasteiger charge is -2.29. The molecule has 1 aliphatic rings. The van der Waals surface area contributed by atoms with Crippen LogP contribution in [0.5, 0.6) is 0 Å². The molecule has 0 unspecified atom stereocenters. The molecule has 0 bridgehead atoms. The van der Waals surface area contributed by atoms with Crippen molar-refractivity contribution in [3.05, 3.63) is 0 Å². The molecule has 0 aliphatic carbocycles. The van der Waals surface area contributed by atoms with E-state index in [-0.39, 0.29) is 23.7 Å². The molecular weight excluding hydrogens is 298 g/mol. The van der Waals surface area contributed by atoms with Crippen molar-refractivity contribution in [3.63, 3.8) is 0 Å². The molecule has 0 spiro atoms. The van der Waals surface area contributed by atoms with Crippen LogP contribution in [0.25, 0.3) is 0 Å². The van der Waals surface area contributed by atoms with Crippen LogP contribution in [0.3, 0.4) is 0 Å². The molecule has 1 rings (SSSR count). The summed E-state index contributed by atoms with van der Waals surface area (Å²) in [5.74, 6) is -1.55. The van der Waals surface area contributed by atoms with Crippen molar-refractivity contribution < 1.29 is 19.5 Å². The summed E-state index contributed by atoms with van der Waals surface area (Å²) in [7, 11) is 0. The summed E-state index contributed by atoms with van der Waals surface area (Å²) in [5.41, 5.74) is 5.84. The lowest BCUT2D eigenvalue weighted by Crippen LogP contribution is -2.55. The zero-order chi connectivity index (χ0) is 17.7. The number of carbonyl (C=O) groups is 3. The Kier molecular flexibility index (Phi) is 7.00. The number of hydrogen-bond donors (Lipinski definition) is 3. The summed E-state index contributed by atoms with van der Waals surface area (Å²) in [6.45, 7) is 7.99. The van der Waals surface area contributed by atoms with Gasteiger partial charge < -0.3 is 21.1 Å². The van der Waals surface area contributed by atoms with Crippen molar-refractivity contribution in [1.29, 1.82) is 0 Å². The van der Waals surface area contributed by atoms with Gasteiger partial charge in [-0.25, -0.2) is 4.79 Å². The number of rotatable bonds is 7. The van der Waals surface area contributed by atoms with Gasteiger partial charge in [0.1, 0.15) is 12.1 Å². The van der Waals surface area contributed by atoms with E-state index in [1.807, 2.05) is 27.7 Å². The lowest BCUT2D eigenvalue weighted by atomic mass is 10.00. The van der Waals surface area contributed by atoms with E-state index in [1.54, 1.807) is 0 Å². The van der Waals surface area contributed by atoms with Crippen molar-refractivity contribution in [1.82, 2.24) is 10.2 Å². The Hall–Kier alpha value is -1.63. The number of hydrogen-bond acceptors (Lipinski definition) is 4. The van der Waals surface area contributed by atoms with Gasteiger partial charge in [-0.15, -0.1) is 0 Å². The van der Waals surface area contributed by atoms with Crippen LogP contribution in [0.15, 0.2) is 0 Å². The Bertz CT molecular complexity index is 451. The normalized spacial score (nSPS) is 20.7. The topological polar surface area (TPSA) is 113 Å². The molecule has 0 aromatic rings. The van der Waals surface area contributed by atoms with Crippen LogP contribution < -0.4 is 11.1 Å². The summed E-state index contributed by atoms with van der Waals surface area (Å²) < 4.78 is 0. The predicted molar refractivity (Wildman–Crippen MR) is 86.6 cm³/mol. The number of amides is 2. The third-order valence-corrected chi connectivity index (χ3v) is 4.16. The van der Waals surface area contributed by atoms with Crippen LogP contribution in [-0.4, -0.2) is 52.5 Å². The number of carboxylic acids is 1. The minimum atomic E-state index is -0.996. The van der Waals surface area contributed by atoms with E-state index in [0.717, 1.165) is 0 Å². The first-order valence-electron chi connectivity index (χ1n) is 8.24. The fourth-order valence-electron chi connectivity index (χ4n) is 2.75. The fourth-order valence-corrected chi connectivity index (χ4v) is 2.75. The number of carbonyl (C=O) groups excluding carboxylic acids is 2. The lowest BCUT2D eigenvalue weighted by molar-refractivity contribution is -0.149. The molecule has 7 heteroatoms. The minimum absolute atomic E-state index is 0.0386.